The van der Waals surface area contributed by atoms with Crippen molar-refractivity contribution in [3.05, 3.63) is 99.0 Å². The zero-order chi connectivity index (χ0) is 26.1. The Morgan fingerprint density at radius 3 is 1.94 bits per heavy atom. The van der Waals surface area contributed by atoms with Gasteiger partial charge < -0.3 is 9.84 Å². The quantitative estimate of drug-likeness (QED) is 0.199. The van der Waals surface area contributed by atoms with Crippen molar-refractivity contribution in [1.29, 1.82) is 0 Å². The van der Waals surface area contributed by atoms with Gasteiger partial charge in [0.1, 0.15) is 11.5 Å². The molecule has 0 radical (unpaired) electrons. The van der Waals surface area contributed by atoms with Gasteiger partial charge in [0.05, 0.1) is 23.2 Å². The van der Waals surface area contributed by atoms with Crippen LogP contribution >= 0.6 is 15.9 Å². The molecule has 36 heavy (non-hydrogen) atoms. The van der Waals surface area contributed by atoms with Crippen LogP contribution in [0.5, 0.6) is 5.75 Å². The van der Waals surface area contributed by atoms with Gasteiger partial charge in [-0.1, -0.05) is 64.1 Å². The molecule has 1 N–H and O–H groups in total. The van der Waals surface area contributed by atoms with Gasteiger partial charge in [0.2, 0.25) is 0 Å². The fourth-order valence-electron chi connectivity index (χ4n) is 4.47. The minimum atomic E-state index is -0.767. The van der Waals surface area contributed by atoms with Gasteiger partial charge in [-0.3, -0.25) is 14.5 Å². The molecule has 5 nitrogen and oxygen atoms in total. The largest absolute Gasteiger partial charge is 0.507 e. The summed E-state index contributed by atoms with van der Waals surface area (Å²) in [6, 6.07) is 19.8. The lowest BCUT2D eigenvalue weighted by Gasteiger charge is -2.26. The minimum Gasteiger partial charge on any atom is -0.507 e. The highest BCUT2D eigenvalue weighted by molar-refractivity contribution is 9.10. The number of anilines is 1. The number of carbonyl (C=O) groups is 2. The monoisotopic (exact) mass is 547 g/mol. The van der Waals surface area contributed by atoms with Crippen molar-refractivity contribution >= 4 is 39.1 Å². The summed E-state index contributed by atoms with van der Waals surface area (Å²) in [6.07, 6.45) is 0. The van der Waals surface area contributed by atoms with Gasteiger partial charge in [-0.2, -0.15) is 0 Å². The van der Waals surface area contributed by atoms with E-state index in [2.05, 4.69) is 43.6 Å². The zero-order valence-corrected chi connectivity index (χ0v) is 22.7. The summed E-state index contributed by atoms with van der Waals surface area (Å²) in [7, 11) is 1.55. The molecule has 0 aromatic heterocycles. The number of carbonyl (C=O) groups excluding carboxylic acids is 2. The highest BCUT2D eigenvalue weighted by atomic mass is 79.9. The van der Waals surface area contributed by atoms with Crippen LogP contribution in [0.25, 0.3) is 5.76 Å². The number of rotatable bonds is 6. The van der Waals surface area contributed by atoms with Gasteiger partial charge in [-0.25, -0.2) is 0 Å². The van der Waals surface area contributed by atoms with Crippen LogP contribution in [0.2, 0.25) is 0 Å². The first kappa shape index (κ1) is 25.7. The molecule has 1 aliphatic rings. The fourth-order valence-corrected chi connectivity index (χ4v) is 5.01. The van der Waals surface area contributed by atoms with Gasteiger partial charge in [0.25, 0.3) is 11.7 Å². The number of ketones is 1. The van der Waals surface area contributed by atoms with E-state index in [9.17, 15) is 14.7 Å². The lowest BCUT2D eigenvalue weighted by molar-refractivity contribution is -0.132. The Morgan fingerprint density at radius 1 is 0.889 bits per heavy atom. The first-order valence-electron chi connectivity index (χ1n) is 12.0. The Kier molecular flexibility index (Phi) is 7.36. The molecule has 4 rings (SSSR count). The molecule has 1 aliphatic heterocycles. The first-order chi connectivity index (χ1) is 17.1. The summed E-state index contributed by atoms with van der Waals surface area (Å²) in [5.74, 6) is -0.341. The Morgan fingerprint density at radius 2 is 1.44 bits per heavy atom. The summed E-state index contributed by atoms with van der Waals surface area (Å²) >= 11 is 3.44. The predicted octanol–water partition coefficient (Wildman–Crippen LogP) is 7.33. The first-order valence-corrected chi connectivity index (χ1v) is 12.8. The van der Waals surface area contributed by atoms with Gasteiger partial charge in [-0.05, 0) is 74.8 Å². The Bertz CT molecular complexity index is 1320. The number of aliphatic hydroxyl groups excluding tert-OH is 1. The number of Topliss-reactive ketones (excluding diaryl/α,β-unsaturated/α-hetero) is 1. The van der Waals surface area contributed by atoms with E-state index in [0.717, 1.165) is 16.7 Å². The standard InChI is InChI=1S/C30H30BrNO4/c1-17(2)19-6-8-21(9-7-19)27-26(28(33)22-12-15-25(36-5)24(31)16-22)29(34)30(35)32(27)23-13-10-20(11-14-23)18(3)4/h6-18,27,33H,1-5H3/b28-26-. The van der Waals surface area contributed by atoms with E-state index in [0.29, 0.717) is 33.3 Å². The number of ether oxygens (including phenoxy) is 1. The van der Waals surface area contributed by atoms with Gasteiger partial charge in [0.15, 0.2) is 0 Å². The van der Waals surface area contributed by atoms with E-state index in [4.69, 9.17) is 4.74 Å². The van der Waals surface area contributed by atoms with E-state index in [-0.39, 0.29) is 11.3 Å². The van der Waals surface area contributed by atoms with Crippen molar-refractivity contribution in [2.24, 2.45) is 0 Å². The molecule has 3 aromatic rings. The second-order valence-electron chi connectivity index (χ2n) is 9.59. The van der Waals surface area contributed by atoms with Crippen LogP contribution in [0, 0.1) is 0 Å². The molecule has 1 atom stereocenters. The van der Waals surface area contributed by atoms with E-state index < -0.39 is 17.7 Å². The van der Waals surface area contributed by atoms with Crippen LogP contribution in [0.4, 0.5) is 5.69 Å². The topological polar surface area (TPSA) is 66.8 Å². The summed E-state index contributed by atoms with van der Waals surface area (Å²) in [6.45, 7) is 8.42. The van der Waals surface area contributed by atoms with Gasteiger partial charge in [0, 0.05) is 11.3 Å². The second-order valence-corrected chi connectivity index (χ2v) is 10.4. The van der Waals surface area contributed by atoms with Crippen LogP contribution in [-0.2, 0) is 9.59 Å². The molecule has 1 fully saturated rings. The maximum Gasteiger partial charge on any atom is 0.300 e. The number of amides is 1. The third-order valence-electron chi connectivity index (χ3n) is 6.63. The second kappa shape index (κ2) is 10.3. The molecule has 186 valence electrons. The molecular formula is C30H30BrNO4. The molecule has 0 bridgehead atoms. The fraction of sp³-hybridized carbons (Fsp3) is 0.267. The lowest BCUT2D eigenvalue weighted by Crippen LogP contribution is -2.29. The average Bonchev–Trinajstić information content (AvgIpc) is 3.13. The van der Waals surface area contributed by atoms with E-state index >= 15 is 0 Å². The molecule has 1 heterocycles. The molecule has 1 saturated heterocycles. The number of halogens is 1. The molecule has 1 unspecified atom stereocenters. The lowest BCUT2D eigenvalue weighted by atomic mass is 9.93. The molecule has 6 heteroatoms. The smallest absolute Gasteiger partial charge is 0.300 e. The molecule has 0 saturated carbocycles. The minimum absolute atomic E-state index is 0.0577. The van der Waals surface area contributed by atoms with Crippen molar-refractivity contribution in [3.8, 4) is 5.75 Å². The summed E-state index contributed by atoms with van der Waals surface area (Å²) in [5, 5.41) is 11.4. The summed E-state index contributed by atoms with van der Waals surface area (Å²) < 4.78 is 5.92. The number of benzene rings is 3. The van der Waals surface area contributed by atoms with E-state index in [1.54, 1.807) is 25.3 Å². The highest BCUT2D eigenvalue weighted by Gasteiger charge is 2.47. The van der Waals surface area contributed by atoms with Crippen molar-refractivity contribution in [1.82, 2.24) is 0 Å². The summed E-state index contributed by atoms with van der Waals surface area (Å²) in [5.41, 5.74) is 4.12. The normalized spacial score (nSPS) is 17.3. The predicted molar refractivity (Wildman–Crippen MR) is 147 cm³/mol. The van der Waals surface area contributed by atoms with E-state index in [1.165, 1.54) is 4.90 Å². The van der Waals surface area contributed by atoms with Gasteiger partial charge >= 0.3 is 0 Å². The molecular weight excluding hydrogens is 518 g/mol. The van der Waals surface area contributed by atoms with Crippen molar-refractivity contribution in [2.75, 3.05) is 12.0 Å². The van der Waals surface area contributed by atoms with Crippen LogP contribution < -0.4 is 9.64 Å². The van der Waals surface area contributed by atoms with Crippen LogP contribution in [-0.4, -0.2) is 23.9 Å². The SMILES string of the molecule is COc1ccc(/C(O)=C2/C(=O)C(=O)N(c3ccc(C(C)C)cc3)C2c2ccc(C(C)C)cc2)cc1Br. The number of methoxy groups -OCH3 is 1. The Hall–Kier alpha value is -3.38. The van der Waals surface area contributed by atoms with Crippen LogP contribution in [0.15, 0.2) is 76.8 Å². The molecule has 1 amide bonds. The number of nitrogens with zero attached hydrogens (tertiary/aromatic N) is 1. The third kappa shape index (κ3) is 4.70. The Balaban J connectivity index is 1.90. The zero-order valence-electron chi connectivity index (χ0n) is 21.1. The number of aliphatic hydroxyl groups is 1. The van der Waals surface area contributed by atoms with Crippen molar-refractivity contribution in [3.63, 3.8) is 0 Å². The molecule has 0 spiro atoms. The number of hydrogen-bond donors (Lipinski definition) is 1. The molecule has 3 aromatic carbocycles. The van der Waals surface area contributed by atoms with Crippen molar-refractivity contribution in [2.45, 2.75) is 45.6 Å². The Labute approximate surface area is 220 Å². The number of hydrogen-bond acceptors (Lipinski definition) is 4. The molecule has 0 aliphatic carbocycles. The van der Waals surface area contributed by atoms with E-state index in [1.807, 2.05) is 48.5 Å². The van der Waals surface area contributed by atoms with Gasteiger partial charge in [-0.15, -0.1) is 0 Å². The maximum absolute atomic E-state index is 13.4. The highest BCUT2D eigenvalue weighted by Crippen LogP contribution is 2.43. The van der Waals surface area contributed by atoms with Crippen LogP contribution in [0.3, 0.4) is 0 Å². The van der Waals surface area contributed by atoms with Crippen LogP contribution in [0.1, 0.15) is 67.8 Å². The summed E-state index contributed by atoms with van der Waals surface area (Å²) in [4.78, 5) is 28.3. The average molecular weight is 548 g/mol. The van der Waals surface area contributed by atoms with Crippen molar-refractivity contribution < 1.29 is 19.4 Å². The third-order valence-corrected chi connectivity index (χ3v) is 7.25. The maximum atomic E-state index is 13.4.